The Kier molecular flexibility index (Phi) is 4.41. The molecule has 0 aliphatic carbocycles. The number of nitrogens with one attached hydrogen (secondary N) is 1. The van der Waals surface area contributed by atoms with Crippen LogP contribution in [0, 0.1) is 0 Å². The molecule has 0 radical (unpaired) electrons. The van der Waals surface area contributed by atoms with Crippen LogP contribution >= 0.6 is 0 Å². The molecule has 3 nitrogen and oxygen atoms in total. The van der Waals surface area contributed by atoms with Crippen LogP contribution in [0.5, 0.6) is 11.5 Å². The number of hydrogen-bond donors (Lipinski definition) is 1. The van der Waals surface area contributed by atoms with Gasteiger partial charge < -0.3 is 14.8 Å². The molecule has 110 valence electrons. The average molecular weight is 283 g/mol. The molecule has 1 aliphatic rings. The Morgan fingerprint density at radius 1 is 1.05 bits per heavy atom. The Morgan fingerprint density at radius 2 is 1.76 bits per heavy atom. The molecule has 0 saturated heterocycles. The number of likely N-dealkylation sites (N-methyl/N-ethyl adjacent to an activating group) is 1. The fourth-order valence-electron chi connectivity index (χ4n) is 2.70. The molecule has 1 N–H and O–H groups in total. The van der Waals surface area contributed by atoms with Crippen LogP contribution in [0.1, 0.15) is 12.5 Å². The van der Waals surface area contributed by atoms with Gasteiger partial charge in [0.25, 0.3) is 0 Å². The molecule has 1 aliphatic heterocycles. The van der Waals surface area contributed by atoms with Gasteiger partial charge in [0.15, 0.2) is 11.5 Å². The van der Waals surface area contributed by atoms with Crippen molar-refractivity contribution >= 4 is 0 Å². The zero-order valence-electron chi connectivity index (χ0n) is 12.3. The summed E-state index contributed by atoms with van der Waals surface area (Å²) in [7, 11) is 0. The Hall–Kier alpha value is -2.00. The molecule has 1 heterocycles. The van der Waals surface area contributed by atoms with E-state index >= 15 is 0 Å². The Balaban J connectivity index is 1.73. The molecule has 2 aromatic carbocycles. The lowest BCUT2D eigenvalue weighted by Gasteiger charge is -2.32. The maximum absolute atomic E-state index is 6.13. The van der Waals surface area contributed by atoms with E-state index in [0.717, 1.165) is 24.5 Å². The van der Waals surface area contributed by atoms with E-state index in [1.54, 1.807) is 0 Å². The molecule has 0 fully saturated rings. The topological polar surface area (TPSA) is 30.5 Å². The third kappa shape index (κ3) is 3.37. The van der Waals surface area contributed by atoms with E-state index in [2.05, 4.69) is 36.5 Å². The first-order valence-corrected chi connectivity index (χ1v) is 7.52. The highest BCUT2D eigenvalue weighted by atomic mass is 16.6. The van der Waals surface area contributed by atoms with Gasteiger partial charge in [0, 0.05) is 0 Å². The van der Waals surface area contributed by atoms with Gasteiger partial charge in [-0.05, 0) is 30.7 Å². The lowest BCUT2D eigenvalue weighted by Crippen LogP contribution is -2.49. The highest BCUT2D eigenvalue weighted by molar-refractivity contribution is 5.40. The summed E-state index contributed by atoms with van der Waals surface area (Å²) in [5, 5.41) is 3.53. The third-order valence-corrected chi connectivity index (χ3v) is 3.74. The number of ether oxygens (including phenoxy) is 2. The quantitative estimate of drug-likeness (QED) is 0.915. The first kappa shape index (κ1) is 14.0. The van der Waals surface area contributed by atoms with Crippen LogP contribution in [0.2, 0.25) is 0 Å². The van der Waals surface area contributed by atoms with Gasteiger partial charge in [0.1, 0.15) is 12.7 Å². The first-order valence-electron chi connectivity index (χ1n) is 7.52. The largest absolute Gasteiger partial charge is 0.486 e. The van der Waals surface area contributed by atoms with E-state index < -0.39 is 0 Å². The minimum atomic E-state index is 0.0278. The van der Waals surface area contributed by atoms with Gasteiger partial charge in [-0.15, -0.1) is 0 Å². The summed E-state index contributed by atoms with van der Waals surface area (Å²) < 4.78 is 12.0. The Labute approximate surface area is 125 Å². The summed E-state index contributed by atoms with van der Waals surface area (Å²) in [5.41, 5.74) is 1.31. The predicted octanol–water partition coefficient (Wildman–Crippen LogP) is 3.05. The van der Waals surface area contributed by atoms with Crippen molar-refractivity contribution in [3.05, 3.63) is 60.2 Å². The number of hydrogen-bond acceptors (Lipinski definition) is 3. The van der Waals surface area contributed by atoms with Crippen LogP contribution in [-0.2, 0) is 6.42 Å². The van der Waals surface area contributed by atoms with Gasteiger partial charge in [-0.25, -0.2) is 0 Å². The van der Waals surface area contributed by atoms with Crippen LogP contribution in [0.4, 0.5) is 0 Å². The normalized spacial score (nSPS) is 18.2. The lowest BCUT2D eigenvalue weighted by molar-refractivity contribution is 0.0624. The molecule has 0 spiro atoms. The first-order chi connectivity index (χ1) is 10.4. The van der Waals surface area contributed by atoms with E-state index in [-0.39, 0.29) is 12.1 Å². The van der Waals surface area contributed by atoms with E-state index in [0.29, 0.717) is 6.61 Å². The molecule has 2 aromatic rings. The minimum absolute atomic E-state index is 0.0278. The van der Waals surface area contributed by atoms with Crippen molar-refractivity contribution in [1.82, 2.24) is 5.32 Å². The van der Waals surface area contributed by atoms with E-state index in [1.165, 1.54) is 5.56 Å². The second kappa shape index (κ2) is 6.64. The SMILES string of the molecule is CCNC(Cc1ccccc1)C1COc2ccccc2O1. The molecular formula is C18H21NO2. The fraction of sp³-hybridized carbons (Fsp3) is 0.333. The van der Waals surface area contributed by atoms with E-state index in [1.807, 2.05) is 30.3 Å². The molecular weight excluding hydrogens is 262 g/mol. The average Bonchev–Trinajstić information content (AvgIpc) is 2.55. The van der Waals surface area contributed by atoms with Gasteiger partial charge in [-0.2, -0.15) is 0 Å². The van der Waals surface area contributed by atoms with Crippen molar-refractivity contribution in [2.45, 2.75) is 25.5 Å². The minimum Gasteiger partial charge on any atom is -0.486 e. The number of benzene rings is 2. The molecule has 3 heteroatoms. The summed E-state index contributed by atoms with van der Waals surface area (Å²) in [5.74, 6) is 1.67. The highest BCUT2D eigenvalue weighted by Gasteiger charge is 2.28. The van der Waals surface area contributed by atoms with Crippen molar-refractivity contribution in [2.75, 3.05) is 13.2 Å². The third-order valence-electron chi connectivity index (χ3n) is 3.74. The molecule has 0 bridgehead atoms. The fourth-order valence-corrected chi connectivity index (χ4v) is 2.70. The van der Waals surface area contributed by atoms with Crippen LogP contribution in [0.25, 0.3) is 0 Å². The van der Waals surface area contributed by atoms with Crippen LogP contribution in [0.15, 0.2) is 54.6 Å². The highest BCUT2D eigenvalue weighted by Crippen LogP contribution is 2.32. The van der Waals surface area contributed by atoms with E-state index in [9.17, 15) is 0 Å². The van der Waals surface area contributed by atoms with Crippen molar-refractivity contribution in [3.8, 4) is 11.5 Å². The molecule has 3 rings (SSSR count). The Bertz CT molecular complexity index is 570. The molecule has 0 saturated carbocycles. The molecule has 21 heavy (non-hydrogen) atoms. The van der Waals surface area contributed by atoms with Gasteiger partial charge in [-0.1, -0.05) is 49.4 Å². The summed E-state index contributed by atoms with van der Waals surface area (Å²) in [6, 6.07) is 18.6. The second-order valence-corrected chi connectivity index (χ2v) is 5.27. The summed E-state index contributed by atoms with van der Waals surface area (Å²) in [6.45, 7) is 3.62. The predicted molar refractivity (Wildman–Crippen MR) is 84.0 cm³/mol. The lowest BCUT2D eigenvalue weighted by atomic mass is 10.0. The zero-order valence-corrected chi connectivity index (χ0v) is 12.3. The molecule has 2 atom stereocenters. The smallest absolute Gasteiger partial charge is 0.161 e. The monoisotopic (exact) mass is 283 g/mol. The summed E-state index contributed by atoms with van der Waals surface area (Å²) >= 11 is 0. The van der Waals surface area contributed by atoms with Crippen molar-refractivity contribution < 1.29 is 9.47 Å². The molecule has 0 amide bonds. The zero-order chi connectivity index (χ0) is 14.5. The van der Waals surface area contributed by atoms with Crippen LogP contribution < -0.4 is 14.8 Å². The maximum atomic E-state index is 6.13. The van der Waals surface area contributed by atoms with Gasteiger partial charge in [-0.3, -0.25) is 0 Å². The number of para-hydroxylation sites is 2. The molecule has 2 unspecified atom stereocenters. The van der Waals surface area contributed by atoms with Crippen LogP contribution in [-0.4, -0.2) is 25.3 Å². The summed E-state index contributed by atoms with van der Waals surface area (Å²) in [6.07, 6.45) is 0.963. The maximum Gasteiger partial charge on any atom is 0.161 e. The van der Waals surface area contributed by atoms with Crippen molar-refractivity contribution in [3.63, 3.8) is 0 Å². The van der Waals surface area contributed by atoms with Gasteiger partial charge in [0.2, 0.25) is 0 Å². The van der Waals surface area contributed by atoms with E-state index in [4.69, 9.17) is 9.47 Å². The number of rotatable bonds is 5. The van der Waals surface area contributed by atoms with Gasteiger partial charge in [0.05, 0.1) is 6.04 Å². The van der Waals surface area contributed by atoms with Crippen molar-refractivity contribution in [2.24, 2.45) is 0 Å². The Morgan fingerprint density at radius 3 is 2.52 bits per heavy atom. The second-order valence-electron chi connectivity index (χ2n) is 5.27. The van der Waals surface area contributed by atoms with Gasteiger partial charge >= 0.3 is 0 Å². The number of fused-ring (bicyclic) bond motifs is 1. The summed E-state index contributed by atoms with van der Waals surface area (Å²) in [4.78, 5) is 0. The van der Waals surface area contributed by atoms with Crippen LogP contribution in [0.3, 0.4) is 0 Å². The van der Waals surface area contributed by atoms with Crippen molar-refractivity contribution in [1.29, 1.82) is 0 Å². The molecule has 0 aromatic heterocycles. The standard InChI is InChI=1S/C18H21NO2/c1-2-19-15(12-14-8-4-3-5-9-14)18-13-20-16-10-6-7-11-17(16)21-18/h3-11,15,18-19H,2,12-13H2,1H3.